The molecule has 4 amide bonds. The van der Waals surface area contributed by atoms with Gasteiger partial charge in [0.1, 0.15) is 12.1 Å². The Kier molecular flexibility index (Phi) is 7.66. The Bertz CT molecular complexity index is 1300. The van der Waals surface area contributed by atoms with Crippen LogP contribution in [0.4, 0.5) is 0 Å². The van der Waals surface area contributed by atoms with Crippen LogP contribution in [-0.4, -0.2) is 86.0 Å². The SMILES string of the molecule is N=C(N)NCCCC(NC(=O)C1CSC2CCC(N3C(=O)c4ccccc4C3=O)C(=O)N21)C(=O)c1nccs1. The average molecular weight is 570 g/mol. The van der Waals surface area contributed by atoms with Crippen LogP contribution >= 0.6 is 23.1 Å². The smallest absolute Gasteiger partial charge is 0.262 e. The lowest BCUT2D eigenvalue weighted by molar-refractivity contribution is -0.145. The first-order valence-electron chi connectivity index (χ1n) is 12.5. The number of guanidine groups is 1. The van der Waals surface area contributed by atoms with E-state index in [4.69, 9.17) is 11.1 Å². The molecule has 2 aromatic rings. The summed E-state index contributed by atoms with van der Waals surface area (Å²) in [6.45, 7) is 0.348. The van der Waals surface area contributed by atoms with Gasteiger partial charge in [-0.3, -0.25) is 34.3 Å². The van der Waals surface area contributed by atoms with Crippen LogP contribution in [0.5, 0.6) is 0 Å². The van der Waals surface area contributed by atoms with Gasteiger partial charge in [-0.15, -0.1) is 23.1 Å². The molecule has 0 aliphatic carbocycles. The molecule has 0 saturated carbocycles. The number of aromatic nitrogens is 1. The second kappa shape index (κ2) is 11.1. The second-order valence-corrected chi connectivity index (χ2v) is 11.5. The van der Waals surface area contributed by atoms with E-state index >= 15 is 0 Å². The number of carbonyl (C=O) groups is 5. The number of piperidine rings is 1. The third kappa shape index (κ3) is 5.13. The third-order valence-electron chi connectivity index (χ3n) is 7.02. The fraction of sp³-hybridized carbons (Fsp3) is 0.400. The number of ketones is 1. The van der Waals surface area contributed by atoms with Crippen LogP contribution in [0.15, 0.2) is 35.8 Å². The van der Waals surface area contributed by atoms with E-state index in [2.05, 4.69) is 15.6 Å². The van der Waals surface area contributed by atoms with Crippen molar-refractivity contribution in [2.24, 2.45) is 5.73 Å². The lowest BCUT2D eigenvalue weighted by Gasteiger charge is -2.39. The van der Waals surface area contributed by atoms with Crippen LogP contribution in [0.3, 0.4) is 0 Å². The van der Waals surface area contributed by atoms with E-state index in [1.165, 1.54) is 34.2 Å². The Morgan fingerprint density at radius 1 is 1.15 bits per heavy atom. The van der Waals surface area contributed by atoms with Gasteiger partial charge < -0.3 is 21.3 Å². The third-order valence-corrected chi connectivity index (χ3v) is 9.16. The molecule has 0 spiro atoms. The fourth-order valence-electron chi connectivity index (χ4n) is 5.17. The number of Topliss-reactive ketones (excluding diaryl/α,β-unsaturated/α-hetero) is 1. The van der Waals surface area contributed by atoms with Crippen LogP contribution in [-0.2, 0) is 9.59 Å². The van der Waals surface area contributed by atoms with Crippen molar-refractivity contribution < 1.29 is 24.0 Å². The number of nitrogens with two attached hydrogens (primary N) is 1. The number of fused-ring (bicyclic) bond motifs is 2. The van der Waals surface area contributed by atoms with Crippen LogP contribution in [0.2, 0.25) is 0 Å². The van der Waals surface area contributed by atoms with E-state index in [1.807, 2.05) is 0 Å². The van der Waals surface area contributed by atoms with Crippen molar-refractivity contribution in [1.29, 1.82) is 5.41 Å². The summed E-state index contributed by atoms with van der Waals surface area (Å²) >= 11 is 2.64. The lowest BCUT2D eigenvalue weighted by atomic mass is 10.0. The van der Waals surface area contributed by atoms with Crippen molar-refractivity contribution >= 4 is 58.5 Å². The van der Waals surface area contributed by atoms with Gasteiger partial charge in [-0.05, 0) is 37.8 Å². The molecule has 204 valence electrons. The molecule has 0 bridgehead atoms. The van der Waals surface area contributed by atoms with E-state index in [0.717, 1.165) is 4.90 Å². The summed E-state index contributed by atoms with van der Waals surface area (Å²) in [6.07, 6.45) is 3.09. The molecule has 2 saturated heterocycles. The normalized spacial score (nSPS) is 22.9. The number of nitrogens with one attached hydrogen (secondary N) is 3. The first-order valence-corrected chi connectivity index (χ1v) is 14.4. The van der Waals surface area contributed by atoms with Gasteiger partial charge in [0.15, 0.2) is 11.0 Å². The molecule has 3 aliphatic rings. The standard InChI is InChI=1S/C25H27N7O5S2/c26-25(27)29-9-3-6-15(19(33)21-28-10-11-38-21)30-20(34)17-12-39-18-8-7-16(24(37)31(17)18)32-22(35)13-4-1-2-5-14(13)23(32)36/h1-2,4-5,10-11,15-18H,3,6-9,12H2,(H,30,34)(H4,26,27,29). The van der Waals surface area contributed by atoms with Crippen molar-refractivity contribution in [1.82, 2.24) is 25.4 Å². The van der Waals surface area contributed by atoms with Crippen molar-refractivity contribution in [3.8, 4) is 0 Å². The second-order valence-electron chi connectivity index (χ2n) is 9.41. The van der Waals surface area contributed by atoms with Gasteiger partial charge in [-0.2, -0.15) is 0 Å². The van der Waals surface area contributed by atoms with Crippen LogP contribution in [0.25, 0.3) is 0 Å². The number of benzene rings is 1. The highest BCUT2D eigenvalue weighted by Gasteiger charge is 2.52. The van der Waals surface area contributed by atoms with Crippen molar-refractivity contribution in [3.05, 3.63) is 52.0 Å². The highest BCUT2D eigenvalue weighted by atomic mass is 32.2. The maximum absolute atomic E-state index is 13.7. The first kappa shape index (κ1) is 26.8. The molecule has 4 unspecified atom stereocenters. The first-order chi connectivity index (χ1) is 18.8. The molecule has 4 atom stereocenters. The van der Waals surface area contributed by atoms with Crippen LogP contribution < -0.4 is 16.4 Å². The quantitative estimate of drug-likeness (QED) is 0.112. The largest absolute Gasteiger partial charge is 0.370 e. The molecule has 5 rings (SSSR count). The number of thioether (sulfide) groups is 1. The molecule has 39 heavy (non-hydrogen) atoms. The van der Waals surface area contributed by atoms with Gasteiger partial charge in [0.2, 0.25) is 17.6 Å². The monoisotopic (exact) mass is 569 g/mol. The number of hydrogen-bond acceptors (Lipinski definition) is 9. The maximum atomic E-state index is 13.7. The number of rotatable bonds is 9. The molecule has 5 N–H and O–H groups in total. The van der Waals surface area contributed by atoms with Gasteiger partial charge in [0.25, 0.3) is 11.8 Å². The highest BCUT2D eigenvalue weighted by molar-refractivity contribution is 8.00. The van der Waals surface area contributed by atoms with E-state index in [-0.39, 0.29) is 39.7 Å². The van der Waals surface area contributed by atoms with Gasteiger partial charge in [-0.25, -0.2) is 4.98 Å². The van der Waals surface area contributed by atoms with Gasteiger partial charge >= 0.3 is 0 Å². The lowest BCUT2D eigenvalue weighted by Crippen LogP contribution is -2.60. The van der Waals surface area contributed by atoms with Crippen LogP contribution in [0.1, 0.15) is 56.2 Å². The van der Waals surface area contributed by atoms with E-state index in [1.54, 1.807) is 29.6 Å². The Balaban J connectivity index is 1.31. The molecule has 1 aromatic heterocycles. The summed E-state index contributed by atoms with van der Waals surface area (Å²) in [6, 6.07) is 3.75. The molecule has 4 heterocycles. The van der Waals surface area contributed by atoms with E-state index < -0.39 is 41.8 Å². The van der Waals surface area contributed by atoms with Gasteiger partial charge in [0, 0.05) is 23.9 Å². The van der Waals surface area contributed by atoms with Crippen molar-refractivity contribution in [2.75, 3.05) is 12.3 Å². The van der Waals surface area contributed by atoms with Crippen LogP contribution in [0, 0.1) is 5.41 Å². The summed E-state index contributed by atoms with van der Waals surface area (Å²) in [7, 11) is 0. The maximum Gasteiger partial charge on any atom is 0.262 e. The number of nitrogens with zero attached hydrogens (tertiary/aromatic N) is 3. The minimum atomic E-state index is -0.993. The predicted octanol–water partition coefficient (Wildman–Crippen LogP) is 0.803. The molecular weight excluding hydrogens is 542 g/mol. The summed E-state index contributed by atoms with van der Waals surface area (Å²) in [4.78, 5) is 73.0. The number of thiazole rings is 1. The van der Waals surface area contributed by atoms with Crippen molar-refractivity contribution in [2.45, 2.75) is 49.2 Å². The molecule has 14 heteroatoms. The summed E-state index contributed by atoms with van der Waals surface area (Å²) in [5, 5.41) is 14.5. The molecule has 1 aromatic carbocycles. The topological polar surface area (TPSA) is 179 Å². The highest BCUT2D eigenvalue weighted by Crippen LogP contribution is 2.39. The summed E-state index contributed by atoms with van der Waals surface area (Å²) < 4.78 is 0. The fourth-order valence-corrected chi connectivity index (χ4v) is 7.23. The molecule has 0 radical (unpaired) electrons. The number of amides is 4. The minimum absolute atomic E-state index is 0.188. The Hall–Kier alpha value is -3.78. The Morgan fingerprint density at radius 2 is 1.87 bits per heavy atom. The van der Waals surface area contributed by atoms with E-state index in [9.17, 15) is 24.0 Å². The summed E-state index contributed by atoms with van der Waals surface area (Å²) in [5.41, 5.74) is 5.86. The Morgan fingerprint density at radius 3 is 2.51 bits per heavy atom. The van der Waals surface area contributed by atoms with E-state index in [0.29, 0.717) is 31.6 Å². The average Bonchev–Trinajstić information content (AvgIpc) is 3.66. The number of imide groups is 1. The minimum Gasteiger partial charge on any atom is -0.370 e. The molecular formula is C25H27N7O5S2. The zero-order valence-electron chi connectivity index (χ0n) is 20.8. The zero-order valence-corrected chi connectivity index (χ0v) is 22.4. The Labute approximate surface area is 232 Å². The number of carbonyl (C=O) groups excluding carboxylic acids is 5. The van der Waals surface area contributed by atoms with Gasteiger partial charge in [-0.1, -0.05) is 12.1 Å². The molecule has 3 aliphatic heterocycles. The molecule has 12 nitrogen and oxygen atoms in total. The summed E-state index contributed by atoms with van der Waals surface area (Å²) in [5.74, 6) is -2.12. The predicted molar refractivity (Wildman–Crippen MR) is 144 cm³/mol. The van der Waals surface area contributed by atoms with Gasteiger partial charge in [0.05, 0.1) is 22.5 Å². The zero-order chi connectivity index (χ0) is 27.7. The number of hydrogen-bond donors (Lipinski definition) is 4. The molecule has 2 fully saturated rings. The van der Waals surface area contributed by atoms with Crippen molar-refractivity contribution in [3.63, 3.8) is 0 Å².